The monoisotopic (exact) mass is 479 g/mol. The fourth-order valence-corrected chi connectivity index (χ4v) is 5.03. The first-order chi connectivity index (χ1) is 17.5. The average Bonchev–Trinajstić information content (AvgIpc) is 2.89. The summed E-state index contributed by atoms with van der Waals surface area (Å²) in [5.74, 6) is 0. The summed E-state index contributed by atoms with van der Waals surface area (Å²) in [5, 5.41) is 3.59. The highest BCUT2D eigenvalue weighted by Crippen LogP contribution is 2.32. The Balaban J connectivity index is 1.41. The molecule has 0 radical (unpaired) electrons. The van der Waals surface area contributed by atoms with E-state index in [1.807, 2.05) is 12.1 Å². The number of nitrogen functional groups attached to an aromatic ring is 1. The van der Waals surface area contributed by atoms with Crippen LogP contribution in [0.2, 0.25) is 0 Å². The maximum Gasteiger partial charge on any atom is 0.328 e. The van der Waals surface area contributed by atoms with E-state index in [0.29, 0.717) is 12.1 Å². The lowest BCUT2D eigenvalue weighted by Crippen LogP contribution is -2.37. The summed E-state index contributed by atoms with van der Waals surface area (Å²) < 4.78 is 4.03. The highest BCUT2D eigenvalue weighted by Gasteiger charge is 2.22. The van der Waals surface area contributed by atoms with E-state index in [1.165, 1.54) is 27.5 Å². The molecule has 0 unspecified atom stereocenters. The molecule has 6 nitrogen and oxygen atoms in total. The molecule has 0 spiro atoms. The van der Waals surface area contributed by atoms with Crippen molar-refractivity contribution in [2.24, 2.45) is 0 Å². The van der Waals surface area contributed by atoms with Crippen LogP contribution in [0.4, 0.5) is 5.69 Å². The number of rotatable bonds is 8. The van der Waals surface area contributed by atoms with E-state index in [9.17, 15) is 9.59 Å². The zero-order chi connectivity index (χ0) is 25.1. The van der Waals surface area contributed by atoms with Gasteiger partial charge in [-0.2, -0.15) is 4.57 Å². The average molecular weight is 480 g/mol. The number of benzene rings is 3. The molecule has 0 aliphatic heterocycles. The van der Waals surface area contributed by atoms with Gasteiger partial charge in [-0.1, -0.05) is 42.8 Å². The quantitative estimate of drug-likeness (QED) is 0.143. The van der Waals surface area contributed by atoms with E-state index in [0.717, 1.165) is 43.3 Å². The van der Waals surface area contributed by atoms with Crippen LogP contribution in [0.15, 0.2) is 88.6 Å². The number of nitrogens with two attached hydrogens (primary N) is 1. The Labute approximate surface area is 209 Å². The van der Waals surface area contributed by atoms with Crippen molar-refractivity contribution in [1.82, 2.24) is 9.55 Å². The van der Waals surface area contributed by atoms with Gasteiger partial charge < -0.3 is 10.3 Å². The molecular weight excluding hydrogens is 448 g/mol. The predicted octanol–water partition coefficient (Wildman–Crippen LogP) is 4.95. The van der Waals surface area contributed by atoms with Crippen molar-refractivity contribution in [3.05, 3.63) is 105 Å². The third-order valence-electron chi connectivity index (χ3n) is 6.82. The Morgan fingerprint density at radius 3 is 2.42 bits per heavy atom. The highest BCUT2D eigenvalue weighted by atomic mass is 16.2. The van der Waals surface area contributed by atoms with Crippen LogP contribution in [0.1, 0.15) is 31.2 Å². The number of hydrogen-bond acceptors (Lipinski definition) is 3. The first-order valence-corrected chi connectivity index (χ1v) is 12.5. The van der Waals surface area contributed by atoms with Crippen LogP contribution in [0.25, 0.3) is 32.9 Å². The number of pyridine rings is 1. The molecule has 2 heterocycles. The van der Waals surface area contributed by atoms with Crippen LogP contribution >= 0.6 is 0 Å². The van der Waals surface area contributed by atoms with Gasteiger partial charge in [-0.05, 0) is 50.1 Å². The summed E-state index contributed by atoms with van der Waals surface area (Å²) in [5.41, 5.74) is 10.5. The summed E-state index contributed by atoms with van der Waals surface area (Å²) >= 11 is 0. The van der Waals surface area contributed by atoms with E-state index in [4.69, 9.17) is 5.73 Å². The molecule has 0 aliphatic rings. The summed E-state index contributed by atoms with van der Waals surface area (Å²) in [4.78, 5) is 26.0. The second-order valence-electron chi connectivity index (χ2n) is 9.37. The SMILES string of the molecule is Cc1cn(CCCCCC[n+]2c(-c3ccccc3)c3cc(N)ccc3c3ccccc32)c(=O)[nH]c1=O. The van der Waals surface area contributed by atoms with Crippen LogP contribution in [0.5, 0.6) is 0 Å². The van der Waals surface area contributed by atoms with Crippen molar-refractivity contribution >= 4 is 27.4 Å². The number of aromatic nitrogens is 3. The van der Waals surface area contributed by atoms with Gasteiger partial charge in [0, 0.05) is 47.4 Å². The Morgan fingerprint density at radius 2 is 1.58 bits per heavy atom. The van der Waals surface area contributed by atoms with Crippen molar-refractivity contribution in [1.29, 1.82) is 0 Å². The Kier molecular flexibility index (Phi) is 6.67. The number of aryl methyl sites for hydroxylation is 3. The number of fused-ring (bicyclic) bond motifs is 3. The number of hydrogen-bond donors (Lipinski definition) is 2. The Morgan fingerprint density at radius 1 is 0.833 bits per heavy atom. The number of unbranched alkanes of at least 4 members (excludes halogenated alkanes) is 3. The first kappa shape index (κ1) is 23.5. The van der Waals surface area contributed by atoms with Crippen LogP contribution in [0, 0.1) is 6.92 Å². The fourth-order valence-electron chi connectivity index (χ4n) is 5.03. The Bertz CT molecular complexity index is 1650. The summed E-state index contributed by atoms with van der Waals surface area (Å²) in [7, 11) is 0. The van der Waals surface area contributed by atoms with Crippen LogP contribution in [-0.2, 0) is 13.1 Å². The van der Waals surface area contributed by atoms with Crippen molar-refractivity contribution in [2.75, 3.05) is 5.73 Å². The first-order valence-electron chi connectivity index (χ1n) is 12.5. The molecule has 3 N–H and O–H groups in total. The standard InChI is InChI=1S/C30H30N4O2/c1-21-20-33(30(36)32-29(21)35)17-9-2-3-10-18-34-27-14-8-7-13-25(27)24-16-15-23(31)19-26(24)28(34)22-11-5-4-6-12-22/h4-8,11-16,19-20H,2-3,9-10,17-18,31H2,1H3/p+1. The minimum Gasteiger partial charge on any atom is -0.399 e. The number of H-pyrrole nitrogens is 1. The molecule has 5 rings (SSSR count). The predicted molar refractivity (Wildman–Crippen MR) is 146 cm³/mol. The minimum atomic E-state index is -0.337. The van der Waals surface area contributed by atoms with Gasteiger partial charge in [0.15, 0.2) is 0 Å². The lowest BCUT2D eigenvalue weighted by molar-refractivity contribution is -0.659. The van der Waals surface area contributed by atoms with E-state index >= 15 is 0 Å². The van der Waals surface area contributed by atoms with Crippen molar-refractivity contribution in [2.45, 2.75) is 45.7 Å². The molecule has 6 heteroatoms. The van der Waals surface area contributed by atoms with E-state index < -0.39 is 0 Å². The van der Waals surface area contributed by atoms with E-state index in [1.54, 1.807) is 17.7 Å². The molecule has 0 amide bonds. The fraction of sp³-hybridized carbons (Fsp3) is 0.233. The molecular formula is C30H31N4O2+. The number of nitrogens with one attached hydrogen (secondary N) is 1. The van der Waals surface area contributed by atoms with Crippen LogP contribution in [0.3, 0.4) is 0 Å². The number of nitrogens with zero attached hydrogens (tertiary/aromatic N) is 2. The molecule has 0 atom stereocenters. The van der Waals surface area contributed by atoms with Gasteiger partial charge in [-0.15, -0.1) is 0 Å². The molecule has 0 fully saturated rings. The lowest BCUT2D eigenvalue weighted by atomic mass is 9.98. The molecule has 0 saturated heterocycles. The van der Waals surface area contributed by atoms with E-state index in [2.05, 4.69) is 70.2 Å². The van der Waals surface area contributed by atoms with E-state index in [-0.39, 0.29) is 11.2 Å². The van der Waals surface area contributed by atoms with Gasteiger partial charge in [-0.3, -0.25) is 9.78 Å². The molecule has 5 aromatic rings. The summed E-state index contributed by atoms with van der Waals surface area (Å²) in [6, 6.07) is 25.3. The number of aromatic amines is 1. The van der Waals surface area contributed by atoms with Gasteiger partial charge in [0.25, 0.3) is 5.56 Å². The van der Waals surface area contributed by atoms with Gasteiger partial charge in [-0.25, -0.2) is 4.79 Å². The highest BCUT2D eigenvalue weighted by molar-refractivity contribution is 6.09. The van der Waals surface area contributed by atoms with Gasteiger partial charge in [0.2, 0.25) is 11.2 Å². The molecule has 182 valence electrons. The smallest absolute Gasteiger partial charge is 0.328 e. The molecule has 0 saturated carbocycles. The summed E-state index contributed by atoms with van der Waals surface area (Å²) in [6.07, 6.45) is 5.60. The van der Waals surface area contributed by atoms with Crippen LogP contribution < -0.4 is 21.5 Å². The van der Waals surface area contributed by atoms with Crippen molar-refractivity contribution in [3.8, 4) is 11.3 Å². The van der Waals surface area contributed by atoms with Crippen molar-refractivity contribution < 1.29 is 4.57 Å². The second-order valence-corrected chi connectivity index (χ2v) is 9.37. The molecule has 36 heavy (non-hydrogen) atoms. The molecule has 2 aromatic heterocycles. The largest absolute Gasteiger partial charge is 0.399 e. The third kappa shape index (κ3) is 4.67. The zero-order valence-corrected chi connectivity index (χ0v) is 20.5. The maximum atomic E-state index is 12.0. The molecule has 0 bridgehead atoms. The van der Waals surface area contributed by atoms with Gasteiger partial charge >= 0.3 is 5.69 Å². The molecule has 0 aliphatic carbocycles. The minimum absolute atomic E-state index is 0.313. The molecule has 3 aromatic carbocycles. The zero-order valence-electron chi connectivity index (χ0n) is 20.5. The Hall–Kier alpha value is -4.19. The lowest BCUT2D eigenvalue weighted by Gasteiger charge is -2.13. The summed E-state index contributed by atoms with van der Waals surface area (Å²) in [6.45, 7) is 3.21. The number of para-hydroxylation sites is 1. The van der Waals surface area contributed by atoms with Gasteiger partial charge in [0.1, 0.15) is 6.54 Å². The third-order valence-corrected chi connectivity index (χ3v) is 6.82. The topological polar surface area (TPSA) is 84.8 Å². The second kappa shape index (κ2) is 10.2. The van der Waals surface area contributed by atoms with Crippen molar-refractivity contribution in [3.63, 3.8) is 0 Å². The maximum absolute atomic E-state index is 12.0. The number of anilines is 1. The van der Waals surface area contributed by atoms with Crippen LogP contribution in [-0.4, -0.2) is 9.55 Å². The normalized spacial score (nSPS) is 11.4. The van der Waals surface area contributed by atoms with Gasteiger partial charge in [0.05, 0.1) is 10.8 Å².